The van der Waals surface area contributed by atoms with Crippen molar-refractivity contribution in [2.75, 3.05) is 33.4 Å². The average Bonchev–Trinajstić information content (AvgIpc) is 3.47. The number of hydrogen-bond acceptors (Lipinski definition) is 4. The van der Waals surface area contributed by atoms with Gasteiger partial charge in [-0.3, -0.25) is 9.69 Å². The summed E-state index contributed by atoms with van der Waals surface area (Å²) in [6, 6.07) is 16.8. The lowest BCUT2D eigenvalue weighted by Crippen LogP contribution is -2.52. The van der Waals surface area contributed by atoms with Crippen molar-refractivity contribution < 1.29 is 14.3 Å². The Balaban J connectivity index is 1.23. The van der Waals surface area contributed by atoms with Crippen molar-refractivity contribution in [2.45, 2.75) is 37.3 Å². The van der Waals surface area contributed by atoms with Gasteiger partial charge < -0.3 is 14.4 Å². The zero-order chi connectivity index (χ0) is 21.7. The van der Waals surface area contributed by atoms with E-state index in [9.17, 15) is 4.79 Å². The molecule has 0 aliphatic carbocycles. The van der Waals surface area contributed by atoms with E-state index in [2.05, 4.69) is 40.1 Å². The molecule has 3 saturated heterocycles. The first-order valence-corrected chi connectivity index (χ1v) is 11.8. The molecule has 1 amide bonds. The standard InChI is InChI=1S/C27H30N2O3/c1-31-23-8-9-25-20(15-23)14-21(18-32-25)24-16-22-17-28(13-10-19-6-3-2-4-7-19)26(30)27(22)11-5-12-29(24)27/h2-4,6-9,14-15,22,24H,5,10-13,16-18H2,1H3/t22-,24-,27-/m0/s1. The van der Waals surface area contributed by atoms with E-state index in [1.54, 1.807) is 7.11 Å². The van der Waals surface area contributed by atoms with E-state index in [4.69, 9.17) is 9.47 Å². The highest BCUT2D eigenvalue weighted by molar-refractivity contribution is 5.90. The van der Waals surface area contributed by atoms with Gasteiger partial charge in [0.2, 0.25) is 5.91 Å². The van der Waals surface area contributed by atoms with Crippen LogP contribution >= 0.6 is 0 Å². The van der Waals surface area contributed by atoms with E-state index in [1.165, 1.54) is 11.1 Å². The molecule has 6 rings (SSSR count). The van der Waals surface area contributed by atoms with Crippen LogP contribution in [0.5, 0.6) is 11.5 Å². The van der Waals surface area contributed by atoms with E-state index < -0.39 is 0 Å². The predicted molar refractivity (Wildman–Crippen MR) is 124 cm³/mol. The zero-order valence-electron chi connectivity index (χ0n) is 18.6. The van der Waals surface area contributed by atoms with Crippen LogP contribution in [0.4, 0.5) is 0 Å². The van der Waals surface area contributed by atoms with E-state index in [0.29, 0.717) is 24.5 Å². The molecule has 4 aliphatic rings. The van der Waals surface area contributed by atoms with E-state index >= 15 is 0 Å². The van der Waals surface area contributed by atoms with Gasteiger partial charge in [0.25, 0.3) is 0 Å². The summed E-state index contributed by atoms with van der Waals surface area (Å²) < 4.78 is 11.5. The number of carbonyl (C=O) groups excluding carboxylic acids is 1. The minimum absolute atomic E-state index is 0.294. The second kappa shape index (κ2) is 7.66. The van der Waals surface area contributed by atoms with E-state index in [-0.39, 0.29) is 5.54 Å². The van der Waals surface area contributed by atoms with Crippen molar-refractivity contribution in [2.24, 2.45) is 5.92 Å². The second-order valence-electron chi connectivity index (χ2n) is 9.57. The number of methoxy groups -OCH3 is 1. The minimum atomic E-state index is -0.295. The third kappa shape index (κ3) is 2.98. The maximum atomic E-state index is 13.7. The molecule has 0 N–H and O–H groups in total. The number of fused-ring (bicyclic) bond motifs is 1. The van der Waals surface area contributed by atoms with Crippen molar-refractivity contribution in [3.8, 4) is 11.5 Å². The summed E-state index contributed by atoms with van der Waals surface area (Å²) in [5.74, 6) is 2.52. The summed E-state index contributed by atoms with van der Waals surface area (Å²) >= 11 is 0. The summed E-state index contributed by atoms with van der Waals surface area (Å²) in [4.78, 5) is 18.4. The summed E-state index contributed by atoms with van der Waals surface area (Å²) in [6.45, 7) is 3.31. The monoisotopic (exact) mass is 430 g/mol. The SMILES string of the molecule is COc1ccc2c(c1)C=C([C@@H]1C[C@H]3CN(CCc4ccccc4)C(=O)[C@]34CCCN14)CO2. The molecular weight excluding hydrogens is 400 g/mol. The quantitative estimate of drug-likeness (QED) is 0.724. The normalized spacial score (nSPS) is 28.7. The van der Waals surface area contributed by atoms with Crippen molar-refractivity contribution in [3.63, 3.8) is 0 Å². The van der Waals surface area contributed by atoms with Crippen molar-refractivity contribution in [3.05, 3.63) is 65.2 Å². The van der Waals surface area contributed by atoms with E-state index in [0.717, 1.165) is 62.4 Å². The molecule has 0 aromatic heterocycles. The summed E-state index contributed by atoms with van der Waals surface area (Å²) in [5, 5.41) is 0. The van der Waals surface area contributed by atoms with Gasteiger partial charge in [0, 0.05) is 30.6 Å². The van der Waals surface area contributed by atoms with Crippen LogP contribution in [0, 0.1) is 5.92 Å². The van der Waals surface area contributed by atoms with Gasteiger partial charge in [-0.25, -0.2) is 0 Å². The Hall–Kier alpha value is -2.79. The second-order valence-corrected chi connectivity index (χ2v) is 9.57. The van der Waals surface area contributed by atoms with Gasteiger partial charge in [0.1, 0.15) is 23.6 Å². The van der Waals surface area contributed by atoms with Crippen LogP contribution in [0.25, 0.3) is 6.08 Å². The van der Waals surface area contributed by atoms with Crippen LogP contribution < -0.4 is 9.47 Å². The van der Waals surface area contributed by atoms with Crippen molar-refractivity contribution in [1.29, 1.82) is 0 Å². The number of rotatable bonds is 5. The van der Waals surface area contributed by atoms with Crippen LogP contribution in [0.3, 0.4) is 0 Å². The highest BCUT2D eigenvalue weighted by atomic mass is 16.5. The summed E-state index contributed by atoms with van der Waals surface area (Å²) in [7, 11) is 1.69. The van der Waals surface area contributed by atoms with Crippen molar-refractivity contribution in [1.82, 2.24) is 9.80 Å². The maximum absolute atomic E-state index is 13.7. The molecule has 5 heteroatoms. The number of hydrogen-bond donors (Lipinski definition) is 0. The molecule has 1 spiro atoms. The molecule has 3 fully saturated rings. The molecular formula is C27H30N2O3. The fourth-order valence-electron chi connectivity index (χ4n) is 6.52. The topological polar surface area (TPSA) is 42.0 Å². The van der Waals surface area contributed by atoms with Gasteiger partial charge >= 0.3 is 0 Å². The van der Waals surface area contributed by atoms with Crippen LogP contribution in [0.1, 0.15) is 30.4 Å². The van der Waals surface area contributed by atoms with Crippen LogP contribution in [0.15, 0.2) is 54.1 Å². The van der Waals surface area contributed by atoms with E-state index in [1.807, 2.05) is 24.3 Å². The minimum Gasteiger partial charge on any atom is -0.497 e. The average molecular weight is 431 g/mol. The Bertz CT molecular complexity index is 1070. The Morgan fingerprint density at radius 3 is 2.91 bits per heavy atom. The lowest BCUT2D eigenvalue weighted by Gasteiger charge is -2.35. The Morgan fingerprint density at radius 1 is 1.19 bits per heavy atom. The van der Waals surface area contributed by atoms with Crippen molar-refractivity contribution >= 4 is 12.0 Å². The molecule has 2 aromatic carbocycles. The number of benzene rings is 2. The molecule has 32 heavy (non-hydrogen) atoms. The maximum Gasteiger partial charge on any atom is 0.243 e. The van der Waals surface area contributed by atoms with Gasteiger partial charge in [-0.2, -0.15) is 0 Å². The molecule has 5 nitrogen and oxygen atoms in total. The molecule has 3 atom stereocenters. The van der Waals surface area contributed by atoms with Crippen LogP contribution in [0.2, 0.25) is 0 Å². The predicted octanol–water partition coefficient (Wildman–Crippen LogP) is 3.78. The first kappa shape index (κ1) is 19.9. The molecule has 166 valence electrons. The van der Waals surface area contributed by atoms with Gasteiger partial charge in [-0.1, -0.05) is 30.3 Å². The van der Waals surface area contributed by atoms with Gasteiger partial charge in [-0.05, 0) is 67.6 Å². The number of amides is 1. The highest BCUT2D eigenvalue weighted by Crippen LogP contribution is 2.53. The largest absolute Gasteiger partial charge is 0.497 e. The number of ether oxygens (including phenoxy) is 2. The van der Waals surface area contributed by atoms with Gasteiger partial charge in [0.05, 0.1) is 7.11 Å². The molecule has 0 saturated carbocycles. The Morgan fingerprint density at radius 2 is 2.06 bits per heavy atom. The molecule has 0 bridgehead atoms. The van der Waals surface area contributed by atoms with Gasteiger partial charge in [0.15, 0.2) is 0 Å². The first-order valence-electron chi connectivity index (χ1n) is 11.8. The van der Waals surface area contributed by atoms with Crippen LogP contribution in [-0.2, 0) is 11.2 Å². The van der Waals surface area contributed by atoms with Gasteiger partial charge in [-0.15, -0.1) is 0 Å². The number of nitrogens with zero attached hydrogens (tertiary/aromatic N) is 2. The lowest BCUT2D eigenvalue weighted by atomic mass is 9.85. The fraction of sp³-hybridized carbons (Fsp3) is 0.444. The summed E-state index contributed by atoms with van der Waals surface area (Å²) in [6.07, 6.45) is 6.34. The lowest BCUT2D eigenvalue weighted by molar-refractivity contribution is -0.136. The third-order valence-electron chi connectivity index (χ3n) is 8.02. The molecule has 2 aromatic rings. The third-order valence-corrected chi connectivity index (χ3v) is 8.02. The Kier molecular flexibility index (Phi) is 4.76. The zero-order valence-corrected chi connectivity index (χ0v) is 18.6. The number of carbonyl (C=O) groups is 1. The smallest absolute Gasteiger partial charge is 0.243 e. The Labute approximate surface area is 189 Å². The molecule has 0 radical (unpaired) electrons. The highest BCUT2D eigenvalue weighted by Gasteiger charge is 2.65. The summed E-state index contributed by atoms with van der Waals surface area (Å²) in [5.41, 5.74) is 3.38. The molecule has 0 unspecified atom stereocenters. The van der Waals surface area contributed by atoms with Crippen LogP contribution in [-0.4, -0.2) is 60.6 Å². The first-order chi connectivity index (χ1) is 15.7. The number of likely N-dealkylation sites (tertiary alicyclic amines) is 1. The molecule has 4 heterocycles. The molecule has 4 aliphatic heterocycles. The fourth-order valence-corrected chi connectivity index (χ4v) is 6.52.